The van der Waals surface area contributed by atoms with Crippen molar-refractivity contribution in [1.82, 2.24) is 9.21 Å². The van der Waals surface area contributed by atoms with Crippen molar-refractivity contribution in [3.63, 3.8) is 0 Å². The Kier molecular flexibility index (Phi) is 6.71. The Bertz CT molecular complexity index is 1160. The highest BCUT2D eigenvalue weighted by atomic mass is 32.2. The molecule has 0 bridgehead atoms. The summed E-state index contributed by atoms with van der Waals surface area (Å²) < 4.78 is 32.7. The second-order valence-corrected chi connectivity index (χ2v) is 10.5. The molecule has 1 unspecified atom stereocenters. The fraction of sp³-hybridized carbons (Fsp3) is 0.417. The second-order valence-electron chi connectivity index (χ2n) is 8.53. The van der Waals surface area contributed by atoms with Gasteiger partial charge in [0, 0.05) is 20.1 Å². The summed E-state index contributed by atoms with van der Waals surface area (Å²) in [4.78, 5) is 26.6. The maximum absolute atomic E-state index is 12.9. The minimum atomic E-state index is -3.70. The van der Waals surface area contributed by atoms with Crippen LogP contribution in [0.4, 0.5) is 0 Å². The first kappa shape index (κ1) is 23.3. The van der Waals surface area contributed by atoms with E-state index in [-0.39, 0.29) is 34.8 Å². The van der Waals surface area contributed by atoms with Gasteiger partial charge in [-0.3, -0.25) is 9.59 Å². The first-order chi connectivity index (χ1) is 15.8. The molecule has 2 amide bonds. The molecule has 0 saturated carbocycles. The molecular weight excluding hydrogens is 442 g/mol. The third kappa shape index (κ3) is 4.74. The average Bonchev–Trinajstić information content (AvgIpc) is 3.37. The van der Waals surface area contributed by atoms with Crippen molar-refractivity contribution in [3.05, 3.63) is 59.2 Å². The Hall–Kier alpha value is -2.91. The molecule has 2 aliphatic rings. The van der Waals surface area contributed by atoms with Gasteiger partial charge in [0.25, 0.3) is 11.8 Å². The van der Waals surface area contributed by atoms with Crippen LogP contribution in [0.2, 0.25) is 0 Å². The highest BCUT2D eigenvalue weighted by molar-refractivity contribution is 7.89. The normalized spacial score (nSPS) is 18.5. The Labute approximate surface area is 194 Å². The molecule has 9 heteroatoms. The molecule has 2 N–H and O–H groups in total. The third-order valence-electron chi connectivity index (χ3n) is 6.47. The minimum absolute atomic E-state index is 0.00666. The third-order valence-corrected chi connectivity index (χ3v) is 8.36. The first-order valence-electron chi connectivity index (χ1n) is 11.2. The van der Waals surface area contributed by atoms with Crippen LogP contribution < -0.4 is 10.5 Å². The number of hydrogen-bond acceptors (Lipinski definition) is 5. The Morgan fingerprint density at radius 2 is 1.85 bits per heavy atom. The molecule has 0 spiro atoms. The van der Waals surface area contributed by atoms with E-state index in [0.717, 1.165) is 37.7 Å². The topological polar surface area (TPSA) is 110 Å². The lowest BCUT2D eigenvalue weighted by atomic mass is 9.87. The number of carbonyl (C=O) groups is 2. The zero-order chi connectivity index (χ0) is 23.6. The summed E-state index contributed by atoms with van der Waals surface area (Å²) in [5.41, 5.74) is 7.83. The van der Waals surface area contributed by atoms with E-state index in [4.69, 9.17) is 10.5 Å². The lowest BCUT2D eigenvalue weighted by Crippen LogP contribution is -2.36. The summed E-state index contributed by atoms with van der Waals surface area (Å²) in [5, 5.41) is 0. The molecular formula is C24H29N3O5S. The number of amides is 2. The predicted molar refractivity (Wildman–Crippen MR) is 123 cm³/mol. The van der Waals surface area contributed by atoms with E-state index in [9.17, 15) is 18.0 Å². The molecule has 2 aromatic carbocycles. The minimum Gasteiger partial charge on any atom is -0.483 e. The number of hydrogen-bond donors (Lipinski definition) is 1. The molecule has 1 heterocycles. The number of primary amides is 1. The number of rotatable bonds is 7. The number of sulfonamides is 1. The summed E-state index contributed by atoms with van der Waals surface area (Å²) in [6, 6.07) is 12.1. The fourth-order valence-electron chi connectivity index (χ4n) is 4.61. The second kappa shape index (κ2) is 9.52. The lowest BCUT2D eigenvalue weighted by molar-refractivity contribution is -0.134. The molecule has 1 atom stereocenters. The van der Waals surface area contributed by atoms with Crippen molar-refractivity contribution in [2.45, 2.75) is 43.0 Å². The van der Waals surface area contributed by atoms with Gasteiger partial charge in [0.1, 0.15) is 5.75 Å². The van der Waals surface area contributed by atoms with Crippen LogP contribution in [0.5, 0.6) is 5.75 Å². The molecule has 1 aliphatic carbocycles. The molecule has 176 valence electrons. The number of ether oxygens (including phenoxy) is 1. The average molecular weight is 472 g/mol. The molecule has 4 rings (SSSR count). The van der Waals surface area contributed by atoms with Crippen molar-refractivity contribution in [2.24, 2.45) is 5.73 Å². The van der Waals surface area contributed by atoms with E-state index < -0.39 is 15.9 Å². The van der Waals surface area contributed by atoms with Crippen LogP contribution in [-0.4, -0.2) is 56.2 Å². The Balaban J connectivity index is 1.49. The van der Waals surface area contributed by atoms with E-state index in [1.54, 1.807) is 11.9 Å². The van der Waals surface area contributed by atoms with Gasteiger partial charge in [-0.15, -0.1) is 0 Å². The van der Waals surface area contributed by atoms with E-state index in [1.807, 2.05) is 12.1 Å². The first-order valence-corrected chi connectivity index (χ1v) is 12.6. The van der Waals surface area contributed by atoms with Crippen molar-refractivity contribution in [2.75, 3.05) is 26.7 Å². The maximum atomic E-state index is 12.9. The summed E-state index contributed by atoms with van der Waals surface area (Å²) >= 11 is 0. The van der Waals surface area contributed by atoms with Crippen LogP contribution in [0, 0.1) is 0 Å². The van der Waals surface area contributed by atoms with Gasteiger partial charge in [0.15, 0.2) is 6.61 Å². The van der Waals surface area contributed by atoms with Gasteiger partial charge >= 0.3 is 0 Å². The number of carbonyl (C=O) groups excluding carboxylic acids is 2. The number of nitrogens with two attached hydrogens (primary N) is 1. The summed E-state index contributed by atoms with van der Waals surface area (Å²) in [5.74, 6) is -0.958. The fourth-order valence-corrected chi connectivity index (χ4v) is 6.16. The van der Waals surface area contributed by atoms with Gasteiger partial charge in [0.05, 0.1) is 16.5 Å². The van der Waals surface area contributed by atoms with E-state index in [0.29, 0.717) is 13.1 Å². The van der Waals surface area contributed by atoms with E-state index in [1.165, 1.54) is 28.1 Å². The zero-order valence-corrected chi connectivity index (χ0v) is 19.5. The standard InChI is InChI=1S/C24H29N3O5S/c1-26(21-10-6-8-17-7-2-3-9-19(17)21)23(28)16-32-22-12-11-18(15-20(22)24(25)29)33(30,31)27-13-4-5-14-27/h2-3,7,9,11-12,15,21H,4-6,8,10,13-14,16H2,1H3,(H2,25,29). The van der Waals surface area contributed by atoms with Gasteiger partial charge in [-0.05, 0) is 61.4 Å². The molecule has 2 aromatic rings. The van der Waals surface area contributed by atoms with E-state index >= 15 is 0 Å². The van der Waals surface area contributed by atoms with Crippen molar-refractivity contribution in [1.29, 1.82) is 0 Å². The highest BCUT2D eigenvalue weighted by Gasteiger charge is 2.29. The van der Waals surface area contributed by atoms with Gasteiger partial charge in [-0.25, -0.2) is 8.42 Å². The zero-order valence-electron chi connectivity index (χ0n) is 18.7. The van der Waals surface area contributed by atoms with Crippen LogP contribution in [0.25, 0.3) is 0 Å². The van der Waals surface area contributed by atoms with Crippen molar-refractivity contribution < 1.29 is 22.7 Å². The summed E-state index contributed by atoms with van der Waals surface area (Å²) in [6.07, 6.45) is 4.49. The largest absolute Gasteiger partial charge is 0.483 e. The van der Waals surface area contributed by atoms with Gasteiger partial charge in [-0.1, -0.05) is 24.3 Å². The molecule has 1 saturated heterocycles. The number of fused-ring (bicyclic) bond motifs is 1. The molecule has 0 radical (unpaired) electrons. The molecule has 8 nitrogen and oxygen atoms in total. The van der Waals surface area contributed by atoms with Crippen molar-refractivity contribution in [3.8, 4) is 5.75 Å². The van der Waals surface area contributed by atoms with Gasteiger partial charge < -0.3 is 15.4 Å². The molecule has 33 heavy (non-hydrogen) atoms. The number of likely N-dealkylation sites (N-methyl/N-ethyl adjacent to an activating group) is 1. The molecule has 1 aliphatic heterocycles. The maximum Gasteiger partial charge on any atom is 0.260 e. The number of aryl methyl sites for hydroxylation is 1. The lowest BCUT2D eigenvalue weighted by Gasteiger charge is -2.33. The number of benzene rings is 2. The van der Waals surface area contributed by atoms with Crippen molar-refractivity contribution >= 4 is 21.8 Å². The molecule has 0 aromatic heterocycles. The SMILES string of the molecule is CN(C(=O)COc1ccc(S(=O)(=O)N2CCCC2)cc1C(N)=O)C1CCCc2ccccc21. The monoisotopic (exact) mass is 471 g/mol. The predicted octanol–water partition coefficient (Wildman–Crippen LogP) is 2.48. The van der Waals surface area contributed by atoms with Crippen LogP contribution in [0.1, 0.15) is 53.2 Å². The van der Waals surface area contributed by atoms with Gasteiger partial charge in [-0.2, -0.15) is 4.31 Å². The van der Waals surface area contributed by atoms with Crippen LogP contribution >= 0.6 is 0 Å². The Morgan fingerprint density at radius 1 is 1.12 bits per heavy atom. The summed E-state index contributed by atoms with van der Waals surface area (Å²) in [7, 11) is -1.96. The van der Waals surface area contributed by atoms with Crippen LogP contribution in [0.15, 0.2) is 47.4 Å². The molecule has 1 fully saturated rings. The van der Waals surface area contributed by atoms with Crippen LogP contribution in [-0.2, 0) is 21.2 Å². The number of nitrogens with zero attached hydrogens (tertiary/aromatic N) is 2. The smallest absolute Gasteiger partial charge is 0.260 e. The van der Waals surface area contributed by atoms with E-state index in [2.05, 4.69) is 12.1 Å². The quantitative estimate of drug-likeness (QED) is 0.667. The Morgan fingerprint density at radius 3 is 2.58 bits per heavy atom. The highest BCUT2D eigenvalue weighted by Crippen LogP contribution is 2.33. The van der Waals surface area contributed by atoms with Crippen LogP contribution in [0.3, 0.4) is 0 Å². The summed E-state index contributed by atoms with van der Waals surface area (Å²) in [6.45, 7) is 0.628. The van der Waals surface area contributed by atoms with Gasteiger partial charge in [0.2, 0.25) is 10.0 Å².